The van der Waals surface area contributed by atoms with Crippen LogP contribution in [0.5, 0.6) is 11.5 Å². The van der Waals surface area contributed by atoms with Crippen molar-refractivity contribution >= 4 is 28.6 Å². The number of benzene rings is 2. The Kier molecular flexibility index (Phi) is 7.71. The molecule has 0 radical (unpaired) electrons. The fourth-order valence-corrected chi connectivity index (χ4v) is 5.18. The number of nitrogens with zero attached hydrogens (tertiary/aromatic N) is 2. The Balaban J connectivity index is 1.32. The summed E-state index contributed by atoms with van der Waals surface area (Å²) in [6.07, 6.45) is 7.49. The maximum Gasteiger partial charge on any atom is 0.185 e. The van der Waals surface area contributed by atoms with Crippen LogP contribution in [0.25, 0.3) is 0 Å². The molecule has 0 atom stereocenters. The number of aromatic nitrogens is 1. The second-order valence-corrected chi connectivity index (χ2v) is 9.20. The Hall–Kier alpha value is -2.24. The van der Waals surface area contributed by atoms with Crippen molar-refractivity contribution in [1.29, 1.82) is 0 Å². The SMILES string of the molecule is CCn1c(CCNc2ccc(Oc3ccc(Cl)cc3)cc2)csc1=NC1CCCCC1. The minimum atomic E-state index is 0.518. The number of ether oxygens (including phenoxy) is 1. The van der Waals surface area contributed by atoms with Crippen LogP contribution in [0, 0.1) is 0 Å². The summed E-state index contributed by atoms with van der Waals surface area (Å²) in [6.45, 7) is 4.07. The monoisotopic (exact) mass is 455 g/mol. The lowest BCUT2D eigenvalue weighted by molar-refractivity contribution is 0.434. The molecule has 1 aliphatic carbocycles. The molecule has 1 heterocycles. The Labute approximate surface area is 193 Å². The number of rotatable bonds is 8. The van der Waals surface area contributed by atoms with Crippen molar-refractivity contribution in [3.63, 3.8) is 0 Å². The third-order valence-electron chi connectivity index (χ3n) is 5.68. The summed E-state index contributed by atoms with van der Waals surface area (Å²) in [5, 5.41) is 6.50. The van der Waals surface area contributed by atoms with Gasteiger partial charge in [0, 0.05) is 41.3 Å². The minimum absolute atomic E-state index is 0.518. The smallest absolute Gasteiger partial charge is 0.185 e. The average Bonchev–Trinajstić information content (AvgIpc) is 3.18. The predicted molar refractivity (Wildman–Crippen MR) is 131 cm³/mol. The van der Waals surface area contributed by atoms with E-state index in [1.54, 1.807) is 11.3 Å². The highest BCUT2D eigenvalue weighted by atomic mass is 35.5. The highest BCUT2D eigenvalue weighted by molar-refractivity contribution is 7.07. The lowest BCUT2D eigenvalue weighted by atomic mass is 9.96. The Morgan fingerprint density at radius 2 is 1.71 bits per heavy atom. The molecular formula is C25H30ClN3OS. The van der Waals surface area contributed by atoms with Crippen LogP contribution in [0.1, 0.15) is 44.7 Å². The minimum Gasteiger partial charge on any atom is -0.457 e. The molecule has 0 saturated heterocycles. The van der Waals surface area contributed by atoms with Crippen LogP contribution in [0.2, 0.25) is 5.02 Å². The number of anilines is 1. The summed E-state index contributed by atoms with van der Waals surface area (Å²) in [5.74, 6) is 1.59. The number of nitrogens with one attached hydrogen (secondary N) is 1. The molecule has 4 nitrogen and oxygen atoms in total. The van der Waals surface area contributed by atoms with Crippen molar-refractivity contribution in [2.45, 2.75) is 58.0 Å². The van der Waals surface area contributed by atoms with E-state index >= 15 is 0 Å². The van der Waals surface area contributed by atoms with Gasteiger partial charge in [-0.15, -0.1) is 11.3 Å². The van der Waals surface area contributed by atoms with E-state index in [1.807, 2.05) is 36.4 Å². The number of hydrogen-bond donors (Lipinski definition) is 1. The van der Waals surface area contributed by atoms with Gasteiger partial charge in [-0.25, -0.2) is 0 Å². The van der Waals surface area contributed by atoms with Gasteiger partial charge in [-0.1, -0.05) is 30.9 Å². The van der Waals surface area contributed by atoms with E-state index in [2.05, 4.69) is 34.3 Å². The quantitative estimate of drug-likeness (QED) is 0.401. The summed E-state index contributed by atoms with van der Waals surface area (Å²) in [6, 6.07) is 16.0. The molecule has 0 aliphatic heterocycles. The summed E-state index contributed by atoms with van der Waals surface area (Å²) in [4.78, 5) is 6.25. The molecule has 1 aromatic heterocycles. The van der Waals surface area contributed by atoms with Gasteiger partial charge in [0.15, 0.2) is 4.80 Å². The van der Waals surface area contributed by atoms with Crippen LogP contribution in [0.15, 0.2) is 58.9 Å². The first-order chi connectivity index (χ1) is 15.2. The van der Waals surface area contributed by atoms with Crippen molar-refractivity contribution < 1.29 is 4.74 Å². The Bertz CT molecular complexity index is 1020. The normalized spacial score (nSPS) is 15.2. The first-order valence-corrected chi connectivity index (χ1v) is 12.5. The molecule has 1 aliphatic rings. The van der Waals surface area contributed by atoms with Crippen LogP contribution in [-0.4, -0.2) is 17.2 Å². The van der Waals surface area contributed by atoms with Crippen LogP contribution >= 0.6 is 22.9 Å². The van der Waals surface area contributed by atoms with Crippen molar-refractivity contribution in [3.8, 4) is 11.5 Å². The van der Waals surface area contributed by atoms with Crippen molar-refractivity contribution in [1.82, 2.24) is 4.57 Å². The van der Waals surface area contributed by atoms with Crippen LogP contribution < -0.4 is 14.9 Å². The highest BCUT2D eigenvalue weighted by Crippen LogP contribution is 2.24. The molecule has 31 heavy (non-hydrogen) atoms. The van der Waals surface area contributed by atoms with Crippen molar-refractivity contribution in [2.24, 2.45) is 4.99 Å². The second kappa shape index (κ2) is 10.9. The van der Waals surface area contributed by atoms with Gasteiger partial charge in [0.05, 0.1) is 6.04 Å². The highest BCUT2D eigenvalue weighted by Gasteiger charge is 2.13. The van der Waals surface area contributed by atoms with E-state index in [4.69, 9.17) is 21.3 Å². The average molecular weight is 456 g/mol. The summed E-state index contributed by atoms with van der Waals surface area (Å²) < 4.78 is 8.24. The van der Waals surface area contributed by atoms with Crippen LogP contribution in [0.4, 0.5) is 5.69 Å². The molecule has 1 fully saturated rings. The molecule has 0 spiro atoms. The Morgan fingerprint density at radius 1 is 1.03 bits per heavy atom. The summed E-state index contributed by atoms with van der Waals surface area (Å²) in [5.41, 5.74) is 2.45. The maximum absolute atomic E-state index is 5.92. The number of halogens is 1. The van der Waals surface area contributed by atoms with Crippen molar-refractivity contribution in [3.05, 3.63) is 69.4 Å². The molecule has 0 unspecified atom stereocenters. The van der Waals surface area contributed by atoms with E-state index in [0.29, 0.717) is 11.1 Å². The van der Waals surface area contributed by atoms with Gasteiger partial charge in [-0.2, -0.15) is 0 Å². The van der Waals surface area contributed by atoms with E-state index < -0.39 is 0 Å². The topological polar surface area (TPSA) is 38.5 Å². The molecule has 6 heteroatoms. The molecule has 3 aromatic rings. The van der Waals surface area contributed by atoms with E-state index in [0.717, 1.165) is 36.7 Å². The van der Waals surface area contributed by atoms with Crippen LogP contribution in [0.3, 0.4) is 0 Å². The second-order valence-electron chi connectivity index (χ2n) is 7.93. The molecule has 4 rings (SSSR count). The zero-order valence-electron chi connectivity index (χ0n) is 18.0. The standard InChI is InChI=1S/C25H30ClN3OS/c1-2-29-22(18-31-25(29)28-21-6-4-3-5-7-21)16-17-27-20-10-14-24(15-11-20)30-23-12-8-19(26)9-13-23/h8-15,18,21,27H,2-7,16-17H2,1H3. The largest absolute Gasteiger partial charge is 0.457 e. The van der Waals surface area contributed by atoms with Gasteiger partial charge in [-0.05, 0) is 68.3 Å². The first kappa shape index (κ1) is 22.0. The van der Waals surface area contributed by atoms with Gasteiger partial charge < -0.3 is 14.6 Å². The third kappa shape index (κ3) is 6.14. The van der Waals surface area contributed by atoms with Gasteiger partial charge in [0.1, 0.15) is 11.5 Å². The fourth-order valence-electron chi connectivity index (χ4n) is 3.98. The number of hydrogen-bond acceptors (Lipinski definition) is 4. The van der Waals surface area contributed by atoms with Gasteiger partial charge in [0.25, 0.3) is 0 Å². The predicted octanol–water partition coefficient (Wildman–Crippen LogP) is 6.90. The third-order valence-corrected chi connectivity index (χ3v) is 6.85. The van der Waals surface area contributed by atoms with Crippen molar-refractivity contribution in [2.75, 3.05) is 11.9 Å². The maximum atomic E-state index is 5.92. The van der Waals surface area contributed by atoms with Gasteiger partial charge in [-0.3, -0.25) is 4.99 Å². The summed E-state index contributed by atoms with van der Waals surface area (Å²) >= 11 is 7.71. The molecule has 0 amide bonds. The molecule has 0 bridgehead atoms. The first-order valence-electron chi connectivity index (χ1n) is 11.2. The number of thiazole rings is 1. The Morgan fingerprint density at radius 3 is 2.39 bits per heavy atom. The zero-order valence-corrected chi connectivity index (χ0v) is 19.6. The molecule has 2 aromatic carbocycles. The molecule has 164 valence electrons. The molecule has 1 saturated carbocycles. The van der Waals surface area contributed by atoms with E-state index in [-0.39, 0.29) is 0 Å². The molecular weight excluding hydrogens is 426 g/mol. The summed E-state index contributed by atoms with van der Waals surface area (Å²) in [7, 11) is 0. The van der Waals surface area contributed by atoms with E-state index in [9.17, 15) is 0 Å². The fraction of sp³-hybridized carbons (Fsp3) is 0.400. The van der Waals surface area contributed by atoms with E-state index in [1.165, 1.54) is 42.6 Å². The lowest BCUT2D eigenvalue weighted by Crippen LogP contribution is -2.22. The zero-order chi connectivity index (χ0) is 21.5. The van der Waals surface area contributed by atoms with Gasteiger partial charge >= 0.3 is 0 Å². The molecule has 1 N–H and O–H groups in total. The van der Waals surface area contributed by atoms with Gasteiger partial charge in [0.2, 0.25) is 0 Å². The lowest BCUT2D eigenvalue weighted by Gasteiger charge is -2.17. The van der Waals surface area contributed by atoms with Crippen LogP contribution in [-0.2, 0) is 13.0 Å².